The fourth-order valence-electron chi connectivity index (χ4n) is 5.26. The summed E-state index contributed by atoms with van der Waals surface area (Å²) in [6.07, 6.45) is 9.60. The van der Waals surface area contributed by atoms with Crippen molar-refractivity contribution in [2.75, 3.05) is 52.4 Å². The number of piperidine rings is 2. The van der Waals surface area contributed by atoms with Gasteiger partial charge in [-0.05, 0) is 84.5 Å². The fourth-order valence-corrected chi connectivity index (χ4v) is 5.26. The summed E-state index contributed by atoms with van der Waals surface area (Å²) in [4.78, 5) is 32.1. The van der Waals surface area contributed by atoms with Gasteiger partial charge in [-0.25, -0.2) is 0 Å². The maximum atomic E-state index is 13.1. The van der Waals surface area contributed by atoms with Crippen LogP contribution in [0.3, 0.4) is 0 Å². The van der Waals surface area contributed by atoms with E-state index < -0.39 is 0 Å². The lowest BCUT2D eigenvalue weighted by Crippen LogP contribution is -2.53. The van der Waals surface area contributed by atoms with Crippen molar-refractivity contribution in [3.05, 3.63) is 0 Å². The molecule has 2 atom stereocenters. The molecule has 3 heterocycles. The number of esters is 1. The van der Waals surface area contributed by atoms with E-state index in [2.05, 4.69) is 9.80 Å². The summed E-state index contributed by atoms with van der Waals surface area (Å²) in [7, 11) is 0. The Hall–Kier alpha value is -1.14. The Bertz CT molecular complexity index is 525. The lowest BCUT2D eigenvalue weighted by molar-refractivity contribution is -0.152. The Balaban J connectivity index is 1.44. The molecule has 0 aromatic heterocycles. The first kappa shape index (κ1) is 22.5. The monoisotopic (exact) mass is 407 g/mol. The van der Waals surface area contributed by atoms with Crippen molar-refractivity contribution in [1.82, 2.24) is 14.7 Å². The standard InChI is InChI=1S/C23H41N3O3/c1-3-29-23(28)21-9-8-14-26(18-21)22(27)19(2)25-15-10-20(11-16-25)17-24-12-6-4-5-7-13-24/h19-21H,3-18H2,1-2H3. The first-order valence-electron chi connectivity index (χ1n) is 12.0. The van der Waals surface area contributed by atoms with E-state index in [0.717, 1.165) is 38.4 Å². The van der Waals surface area contributed by atoms with Crippen molar-refractivity contribution in [1.29, 1.82) is 0 Å². The number of hydrogen-bond acceptors (Lipinski definition) is 5. The van der Waals surface area contributed by atoms with E-state index in [9.17, 15) is 9.59 Å². The molecule has 3 fully saturated rings. The number of hydrogen-bond donors (Lipinski definition) is 0. The molecule has 6 nitrogen and oxygen atoms in total. The highest BCUT2D eigenvalue weighted by molar-refractivity contribution is 5.82. The average Bonchev–Trinajstić information content (AvgIpc) is 3.02. The number of rotatable bonds is 6. The maximum absolute atomic E-state index is 13.1. The van der Waals surface area contributed by atoms with E-state index in [4.69, 9.17) is 4.74 Å². The van der Waals surface area contributed by atoms with E-state index in [1.165, 1.54) is 58.2 Å². The summed E-state index contributed by atoms with van der Waals surface area (Å²) in [6.45, 7) is 11.4. The van der Waals surface area contributed by atoms with Gasteiger partial charge in [-0.15, -0.1) is 0 Å². The summed E-state index contributed by atoms with van der Waals surface area (Å²) in [5, 5.41) is 0. The van der Waals surface area contributed by atoms with E-state index in [0.29, 0.717) is 13.2 Å². The largest absolute Gasteiger partial charge is 0.466 e. The van der Waals surface area contributed by atoms with Crippen molar-refractivity contribution in [3.63, 3.8) is 0 Å². The normalized spacial score (nSPS) is 26.7. The van der Waals surface area contributed by atoms with Crippen LogP contribution in [-0.4, -0.2) is 85.0 Å². The van der Waals surface area contributed by atoms with Gasteiger partial charge >= 0.3 is 5.97 Å². The Morgan fingerprint density at radius 3 is 2.28 bits per heavy atom. The van der Waals surface area contributed by atoms with E-state index in [1.807, 2.05) is 18.7 Å². The van der Waals surface area contributed by atoms with Crippen LogP contribution in [-0.2, 0) is 14.3 Å². The molecule has 1 amide bonds. The first-order valence-corrected chi connectivity index (χ1v) is 12.0. The van der Waals surface area contributed by atoms with Gasteiger partial charge in [0.25, 0.3) is 0 Å². The van der Waals surface area contributed by atoms with Gasteiger partial charge in [0.1, 0.15) is 0 Å². The molecular formula is C23H41N3O3. The van der Waals surface area contributed by atoms with Gasteiger partial charge in [-0.1, -0.05) is 12.8 Å². The molecule has 166 valence electrons. The fraction of sp³-hybridized carbons (Fsp3) is 0.913. The molecule has 6 heteroatoms. The molecule has 3 rings (SSSR count). The quantitative estimate of drug-likeness (QED) is 0.634. The summed E-state index contributed by atoms with van der Waals surface area (Å²) < 4.78 is 5.18. The van der Waals surface area contributed by atoms with E-state index in [1.54, 1.807) is 0 Å². The van der Waals surface area contributed by atoms with Gasteiger partial charge in [-0.2, -0.15) is 0 Å². The number of carbonyl (C=O) groups excluding carboxylic acids is 2. The third kappa shape index (κ3) is 6.42. The highest BCUT2D eigenvalue weighted by Crippen LogP contribution is 2.24. The second-order valence-corrected chi connectivity index (χ2v) is 9.25. The van der Waals surface area contributed by atoms with Crippen LogP contribution in [0.1, 0.15) is 65.2 Å². The lowest BCUT2D eigenvalue weighted by Gasteiger charge is -2.40. The second-order valence-electron chi connectivity index (χ2n) is 9.25. The summed E-state index contributed by atoms with van der Waals surface area (Å²) in [5.41, 5.74) is 0. The molecule has 3 aliphatic heterocycles. The van der Waals surface area contributed by atoms with Crippen LogP contribution in [0, 0.1) is 11.8 Å². The highest BCUT2D eigenvalue weighted by atomic mass is 16.5. The van der Waals surface area contributed by atoms with Gasteiger partial charge in [0.05, 0.1) is 18.6 Å². The van der Waals surface area contributed by atoms with Crippen LogP contribution in [0.15, 0.2) is 0 Å². The summed E-state index contributed by atoms with van der Waals surface area (Å²) >= 11 is 0. The van der Waals surface area contributed by atoms with Crippen molar-refractivity contribution in [3.8, 4) is 0 Å². The molecule has 0 spiro atoms. The minimum atomic E-state index is -0.154. The second kappa shape index (κ2) is 11.3. The molecular weight excluding hydrogens is 366 g/mol. The maximum Gasteiger partial charge on any atom is 0.310 e. The van der Waals surface area contributed by atoms with Crippen LogP contribution >= 0.6 is 0 Å². The van der Waals surface area contributed by atoms with E-state index >= 15 is 0 Å². The number of carbonyl (C=O) groups is 2. The topological polar surface area (TPSA) is 53.1 Å². The van der Waals surface area contributed by atoms with Crippen LogP contribution in [0.4, 0.5) is 0 Å². The highest BCUT2D eigenvalue weighted by Gasteiger charge is 2.34. The molecule has 0 aliphatic carbocycles. The van der Waals surface area contributed by atoms with Crippen molar-refractivity contribution in [2.45, 2.75) is 71.3 Å². The predicted octanol–water partition coefficient (Wildman–Crippen LogP) is 2.76. The van der Waals surface area contributed by atoms with Crippen LogP contribution in [0.25, 0.3) is 0 Å². The molecule has 0 N–H and O–H groups in total. The number of likely N-dealkylation sites (tertiary alicyclic amines) is 3. The molecule has 3 saturated heterocycles. The Labute approximate surface area is 176 Å². The lowest BCUT2D eigenvalue weighted by atomic mass is 9.94. The van der Waals surface area contributed by atoms with Gasteiger partial charge < -0.3 is 14.5 Å². The Kier molecular flexibility index (Phi) is 8.79. The minimum absolute atomic E-state index is 0.0879. The zero-order valence-electron chi connectivity index (χ0n) is 18.6. The summed E-state index contributed by atoms with van der Waals surface area (Å²) in [6, 6.07) is -0.0879. The molecule has 29 heavy (non-hydrogen) atoms. The zero-order valence-corrected chi connectivity index (χ0v) is 18.6. The minimum Gasteiger partial charge on any atom is -0.466 e. The Morgan fingerprint density at radius 1 is 0.931 bits per heavy atom. The van der Waals surface area contributed by atoms with Crippen molar-refractivity contribution in [2.24, 2.45) is 11.8 Å². The predicted molar refractivity (Wildman–Crippen MR) is 115 cm³/mol. The van der Waals surface area contributed by atoms with Gasteiger partial charge in [0, 0.05) is 19.6 Å². The van der Waals surface area contributed by atoms with Crippen molar-refractivity contribution >= 4 is 11.9 Å². The third-order valence-electron chi connectivity index (χ3n) is 7.12. The average molecular weight is 408 g/mol. The summed E-state index contributed by atoms with van der Waals surface area (Å²) in [5.74, 6) is 0.658. The molecule has 3 aliphatic rings. The Morgan fingerprint density at radius 2 is 1.62 bits per heavy atom. The molecule has 0 aromatic carbocycles. The molecule has 0 radical (unpaired) electrons. The molecule has 0 aromatic rings. The third-order valence-corrected chi connectivity index (χ3v) is 7.12. The zero-order chi connectivity index (χ0) is 20.6. The molecule has 0 saturated carbocycles. The van der Waals surface area contributed by atoms with Crippen LogP contribution < -0.4 is 0 Å². The van der Waals surface area contributed by atoms with Crippen LogP contribution in [0.5, 0.6) is 0 Å². The molecule has 0 bridgehead atoms. The first-order chi connectivity index (χ1) is 14.1. The molecule has 2 unspecified atom stereocenters. The van der Waals surface area contributed by atoms with Crippen molar-refractivity contribution < 1.29 is 14.3 Å². The number of amides is 1. The van der Waals surface area contributed by atoms with Gasteiger partial charge in [0.2, 0.25) is 5.91 Å². The number of nitrogens with zero attached hydrogens (tertiary/aromatic N) is 3. The SMILES string of the molecule is CCOC(=O)C1CCCN(C(=O)C(C)N2CCC(CN3CCCCCC3)CC2)C1. The number of ether oxygens (including phenoxy) is 1. The van der Waals surface area contributed by atoms with E-state index in [-0.39, 0.29) is 23.8 Å². The smallest absolute Gasteiger partial charge is 0.310 e. The van der Waals surface area contributed by atoms with Crippen LogP contribution in [0.2, 0.25) is 0 Å². The van der Waals surface area contributed by atoms with Gasteiger partial charge in [-0.3, -0.25) is 14.5 Å². The van der Waals surface area contributed by atoms with Gasteiger partial charge in [0.15, 0.2) is 0 Å².